The van der Waals surface area contributed by atoms with Crippen LogP contribution in [-0.2, 0) is 7.05 Å². The first-order valence-corrected chi connectivity index (χ1v) is 10.9. The van der Waals surface area contributed by atoms with Crippen LogP contribution in [0.25, 0.3) is 11.2 Å². The lowest BCUT2D eigenvalue weighted by molar-refractivity contribution is -0.0444. The molecule has 7 heteroatoms. The van der Waals surface area contributed by atoms with Crippen LogP contribution < -0.4 is 10.6 Å². The third-order valence-electron chi connectivity index (χ3n) is 7.40. The van der Waals surface area contributed by atoms with E-state index in [0.717, 1.165) is 47.7 Å². The first-order valence-electron chi connectivity index (χ1n) is 10.9. The fourth-order valence-electron chi connectivity index (χ4n) is 6.43. The Morgan fingerprint density at radius 1 is 1.18 bits per heavy atom. The molecule has 0 saturated heterocycles. The molecule has 0 amide bonds. The highest BCUT2D eigenvalue weighted by Gasteiger charge is 2.50. The van der Waals surface area contributed by atoms with Gasteiger partial charge in [0.05, 0.1) is 19.0 Å². The summed E-state index contributed by atoms with van der Waals surface area (Å²) < 4.78 is 1.93. The number of rotatable bonds is 7. The molecule has 0 radical (unpaired) electrons. The minimum Gasteiger partial charge on any atom is -0.394 e. The van der Waals surface area contributed by atoms with E-state index in [4.69, 9.17) is 4.98 Å². The Morgan fingerprint density at radius 2 is 1.86 bits per heavy atom. The molecule has 6 rings (SSSR count). The standard InChI is InChI=1S/C21H32N6O/c1-3-16(10-28)24-20-25-18(17-19(26-20)27(2)12-23-17)22-11-21-7-13-4-14(8-21)6-15(5-13)9-21/h12-16,28H,3-11H2,1-2H3,(H2,22,24,25,26). The molecular formula is C21H32N6O. The molecular weight excluding hydrogens is 352 g/mol. The Bertz CT molecular complexity index is 823. The molecule has 28 heavy (non-hydrogen) atoms. The number of hydrogen-bond acceptors (Lipinski definition) is 6. The average molecular weight is 385 g/mol. The molecule has 0 aromatic carbocycles. The van der Waals surface area contributed by atoms with Gasteiger partial charge in [0, 0.05) is 13.6 Å². The zero-order valence-corrected chi connectivity index (χ0v) is 17.0. The number of fused-ring (bicyclic) bond motifs is 1. The quantitative estimate of drug-likeness (QED) is 0.680. The van der Waals surface area contributed by atoms with Crippen molar-refractivity contribution in [2.24, 2.45) is 30.2 Å². The van der Waals surface area contributed by atoms with Gasteiger partial charge in [0.15, 0.2) is 17.0 Å². The summed E-state index contributed by atoms with van der Waals surface area (Å²) in [5, 5.41) is 16.5. The van der Waals surface area contributed by atoms with Gasteiger partial charge >= 0.3 is 0 Å². The largest absolute Gasteiger partial charge is 0.394 e. The van der Waals surface area contributed by atoms with Crippen LogP contribution in [0.2, 0.25) is 0 Å². The number of imidazole rings is 1. The van der Waals surface area contributed by atoms with Crippen LogP contribution in [0.1, 0.15) is 51.9 Å². The SMILES string of the molecule is CCC(CO)Nc1nc(NCC23CC4CC(CC(C4)C2)C3)c2ncn(C)c2n1. The van der Waals surface area contributed by atoms with Crippen molar-refractivity contribution in [2.75, 3.05) is 23.8 Å². The molecule has 0 aliphatic heterocycles. The van der Waals surface area contributed by atoms with Crippen LogP contribution in [0, 0.1) is 23.2 Å². The first-order chi connectivity index (χ1) is 13.6. The van der Waals surface area contributed by atoms with Gasteiger partial charge in [0.2, 0.25) is 5.95 Å². The highest BCUT2D eigenvalue weighted by Crippen LogP contribution is 2.59. The predicted molar refractivity (Wildman–Crippen MR) is 110 cm³/mol. The lowest BCUT2D eigenvalue weighted by Gasteiger charge is -2.57. The summed E-state index contributed by atoms with van der Waals surface area (Å²) in [6.45, 7) is 3.10. The van der Waals surface area contributed by atoms with Gasteiger partial charge in [-0.15, -0.1) is 0 Å². The smallest absolute Gasteiger partial charge is 0.227 e. The fourth-order valence-corrected chi connectivity index (χ4v) is 6.43. The van der Waals surface area contributed by atoms with Crippen molar-refractivity contribution in [2.45, 2.75) is 57.9 Å². The molecule has 1 unspecified atom stereocenters. The van der Waals surface area contributed by atoms with Crippen LogP contribution in [0.3, 0.4) is 0 Å². The summed E-state index contributed by atoms with van der Waals surface area (Å²) in [7, 11) is 1.96. The van der Waals surface area contributed by atoms with Crippen LogP contribution in [0.5, 0.6) is 0 Å². The summed E-state index contributed by atoms with van der Waals surface area (Å²) in [5.41, 5.74) is 2.08. The van der Waals surface area contributed by atoms with E-state index in [9.17, 15) is 5.11 Å². The molecule has 4 aliphatic carbocycles. The molecule has 152 valence electrons. The highest BCUT2D eigenvalue weighted by molar-refractivity contribution is 5.84. The minimum atomic E-state index is -0.0401. The Hall–Kier alpha value is -1.89. The molecule has 4 aliphatic rings. The fraction of sp³-hybridized carbons (Fsp3) is 0.762. The predicted octanol–water partition coefficient (Wildman–Crippen LogP) is 3.17. The number of anilines is 2. The Balaban J connectivity index is 1.40. The number of aliphatic hydroxyl groups is 1. The average Bonchev–Trinajstić information content (AvgIpc) is 3.04. The maximum absolute atomic E-state index is 9.53. The zero-order valence-electron chi connectivity index (χ0n) is 17.0. The molecule has 2 aromatic heterocycles. The molecule has 4 saturated carbocycles. The second kappa shape index (κ2) is 6.87. The lowest BCUT2D eigenvalue weighted by atomic mass is 9.49. The Labute approximate surface area is 166 Å². The first kappa shape index (κ1) is 18.2. The van der Waals surface area contributed by atoms with Crippen molar-refractivity contribution in [3.8, 4) is 0 Å². The molecule has 1 atom stereocenters. The molecule has 3 N–H and O–H groups in total. The third-order valence-corrected chi connectivity index (χ3v) is 7.40. The van der Waals surface area contributed by atoms with E-state index in [2.05, 4.69) is 20.6 Å². The van der Waals surface area contributed by atoms with Gasteiger partial charge in [-0.1, -0.05) is 6.92 Å². The van der Waals surface area contributed by atoms with Crippen molar-refractivity contribution in [3.63, 3.8) is 0 Å². The van der Waals surface area contributed by atoms with E-state index in [1.807, 2.05) is 18.5 Å². The van der Waals surface area contributed by atoms with Crippen LogP contribution in [-0.4, -0.2) is 43.8 Å². The summed E-state index contributed by atoms with van der Waals surface area (Å²) in [5.74, 6) is 4.21. The lowest BCUT2D eigenvalue weighted by Crippen LogP contribution is -2.49. The Morgan fingerprint density at radius 3 is 2.46 bits per heavy atom. The molecule has 2 heterocycles. The van der Waals surface area contributed by atoms with Gasteiger partial charge in [-0.05, 0) is 68.1 Å². The van der Waals surface area contributed by atoms with Gasteiger partial charge in [0.25, 0.3) is 0 Å². The van der Waals surface area contributed by atoms with E-state index >= 15 is 0 Å². The maximum Gasteiger partial charge on any atom is 0.227 e. The molecule has 0 spiro atoms. The van der Waals surface area contributed by atoms with Crippen molar-refractivity contribution in [3.05, 3.63) is 6.33 Å². The molecule has 7 nitrogen and oxygen atoms in total. The minimum absolute atomic E-state index is 0.0401. The number of aromatic nitrogens is 4. The van der Waals surface area contributed by atoms with Crippen molar-refractivity contribution in [1.82, 2.24) is 19.5 Å². The van der Waals surface area contributed by atoms with E-state index in [-0.39, 0.29) is 12.6 Å². The number of aliphatic hydroxyl groups excluding tert-OH is 1. The van der Waals surface area contributed by atoms with E-state index in [1.54, 1.807) is 6.33 Å². The topological polar surface area (TPSA) is 87.9 Å². The molecule has 2 aromatic rings. The van der Waals surface area contributed by atoms with Crippen LogP contribution in [0.15, 0.2) is 6.33 Å². The Kier molecular flexibility index (Phi) is 4.45. The zero-order chi connectivity index (χ0) is 19.3. The van der Waals surface area contributed by atoms with E-state index in [0.29, 0.717) is 11.4 Å². The van der Waals surface area contributed by atoms with Crippen LogP contribution in [0.4, 0.5) is 11.8 Å². The number of hydrogen-bond donors (Lipinski definition) is 3. The number of aryl methyl sites for hydroxylation is 1. The van der Waals surface area contributed by atoms with Gasteiger partial charge in [0.1, 0.15) is 0 Å². The van der Waals surface area contributed by atoms with Gasteiger partial charge in [-0.3, -0.25) is 0 Å². The normalized spacial score (nSPS) is 32.0. The van der Waals surface area contributed by atoms with Crippen molar-refractivity contribution < 1.29 is 5.11 Å². The monoisotopic (exact) mass is 384 g/mol. The second-order valence-corrected chi connectivity index (χ2v) is 9.63. The van der Waals surface area contributed by atoms with Crippen molar-refractivity contribution in [1.29, 1.82) is 0 Å². The van der Waals surface area contributed by atoms with Crippen LogP contribution >= 0.6 is 0 Å². The van der Waals surface area contributed by atoms with Gasteiger partial charge < -0.3 is 20.3 Å². The molecule has 4 fully saturated rings. The van der Waals surface area contributed by atoms with E-state index < -0.39 is 0 Å². The summed E-state index contributed by atoms with van der Waals surface area (Å²) >= 11 is 0. The maximum atomic E-state index is 9.53. The summed E-state index contributed by atoms with van der Waals surface area (Å²) in [4.78, 5) is 13.9. The second-order valence-electron chi connectivity index (χ2n) is 9.63. The molecule has 4 bridgehead atoms. The highest BCUT2D eigenvalue weighted by atomic mass is 16.3. The summed E-state index contributed by atoms with van der Waals surface area (Å²) in [6, 6.07) is -0.0401. The third kappa shape index (κ3) is 3.13. The summed E-state index contributed by atoms with van der Waals surface area (Å²) in [6.07, 6.45) is 11.1. The number of nitrogens with one attached hydrogen (secondary N) is 2. The van der Waals surface area contributed by atoms with Gasteiger partial charge in [-0.25, -0.2) is 4.98 Å². The van der Waals surface area contributed by atoms with Gasteiger partial charge in [-0.2, -0.15) is 9.97 Å². The van der Waals surface area contributed by atoms with E-state index in [1.165, 1.54) is 38.5 Å². The number of nitrogens with zero attached hydrogens (tertiary/aromatic N) is 4. The van der Waals surface area contributed by atoms with Crippen molar-refractivity contribution >= 4 is 22.9 Å².